The molecule has 2 rings (SSSR count). The molecule has 1 saturated carbocycles. The number of nitriles is 1. The molecule has 90 valence electrons. The van der Waals surface area contributed by atoms with Gasteiger partial charge in [0.1, 0.15) is 5.75 Å². The number of nitrogens with zero attached hydrogens (tertiary/aromatic N) is 1. The minimum absolute atomic E-state index is 0.388. The van der Waals surface area contributed by atoms with Crippen LogP contribution >= 0.6 is 0 Å². The van der Waals surface area contributed by atoms with Crippen LogP contribution < -0.4 is 4.74 Å². The Hall–Kier alpha value is -1.49. The van der Waals surface area contributed by atoms with E-state index < -0.39 is 0 Å². The molecule has 0 atom stereocenters. The molecule has 2 nitrogen and oxygen atoms in total. The van der Waals surface area contributed by atoms with Crippen molar-refractivity contribution in [3.63, 3.8) is 0 Å². The minimum atomic E-state index is 0.388. The van der Waals surface area contributed by atoms with Crippen molar-refractivity contribution in [2.45, 2.75) is 51.0 Å². The second-order valence-electron chi connectivity index (χ2n) is 4.71. The molecule has 2 heteroatoms. The summed E-state index contributed by atoms with van der Waals surface area (Å²) in [6, 6.07) is 10.1. The van der Waals surface area contributed by atoms with Gasteiger partial charge in [-0.2, -0.15) is 5.26 Å². The summed E-state index contributed by atoms with van der Waals surface area (Å²) in [5.74, 6) is 0.943. The van der Waals surface area contributed by atoms with E-state index >= 15 is 0 Å². The van der Waals surface area contributed by atoms with Gasteiger partial charge in [0.2, 0.25) is 0 Å². The number of hydrogen-bond acceptors (Lipinski definition) is 2. The molecular formula is C15H19NO. The van der Waals surface area contributed by atoms with Gasteiger partial charge in [0.15, 0.2) is 0 Å². The lowest BCUT2D eigenvalue weighted by atomic mass is 10.1. The lowest BCUT2D eigenvalue weighted by Gasteiger charge is -2.16. The lowest BCUT2D eigenvalue weighted by Crippen LogP contribution is -2.14. The topological polar surface area (TPSA) is 33.0 Å². The fourth-order valence-corrected chi connectivity index (χ4v) is 2.33. The summed E-state index contributed by atoms with van der Waals surface area (Å²) in [5.41, 5.74) is 1.06. The summed E-state index contributed by atoms with van der Waals surface area (Å²) in [7, 11) is 0. The van der Waals surface area contributed by atoms with Gasteiger partial charge in [0.25, 0.3) is 0 Å². The summed E-state index contributed by atoms with van der Waals surface area (Å²) in [4.78, 5) is 0. The summed E-state index contributed by atoms with van der Waals surface area (Å²) < 4.78 is 5.99. The van der Waals surface area contributed by atoms with E-state index in [1.165, 1.54) is 38.5 Å². The van der Waals surface area contributed by atoms with Crippen LogP contribution in [0.25, 0.3) is 0 Å². The van der Waals surface area contributed by atoms with Gasteiger partial charge < -0.3 is 4.74 Å². The smallest absolute Gasteiger partial charge is 0.119 e. The van der Waals surface area contributed by atoms with E-state index in [4.69, 9.17) is 10.00 Å². The molecule has 1 aromatic carbocycles. The monoisotopic (exact) mass is 229 g/mol. The second-order valence-corrected chi connectivity index (χ2v) is 4.71. The van der Waals surface area contributed by atoms with Crippen LogP contribution in [0.1, 0.15) is 44.1 Å². The molecule has 0 heterocycles. The Kier molecular flexibility index (Phi) is 4.44. The molecule has 1 fully saturated rings. The van der Waals surface area contributed by atoms with Crippen molar-refractivity contribution >= 4 is 0 Å². The third kappa shape index (κ3) is 3.78. The average molecular weight is 229 g/mol. The van der Waals surface area contributed by atoms with E-state index in [2.05, 4.69) is 6.07 Å². The van der Waals surface area contributed by atoms with Gasteiger partial charge in [-0.15, -0.1) is 0 Å². The second kappa shape index (κ2) is 6.30. The molecule has 1 aromatic rings. The third-order valence-corrected chi connectivity index (χ3v) is 3.31. The van der Waals surface area contributed by atoms with Crippen LogP contribution in [0.5, 0.6) is 5.75 Å². The molecule has 0 radical (unpaired) electrons. The molecule has 1 aliphatic carbocycles. The van der Waals surface area contributed by atoms with E-state index in [0.29, 0.717) is 12.5 Å². The van der Waals surface area contributed by atoms with Gasteiger partial charge in [0, 0.05) is 0 Å². The fraction of sp³-hybridized carbons (Fsp3) is 0.533. The zero-order valence-corrected chi connectivity index (χ0v) is 10.2. The highest BCUT2D eigenvalue weighted by Crippen LogP contribution is 2.23. The van der Waals surface area contributed by atoms with Crippen LogP contribution in [0, 0.1) is 11.3 Å². The zero-order valence-electron chi connectivity index (χ0n) is 10.2. The molecule has 1 aliphatic rings. The van der Waals surface area contributed by atoms with Crippen LogP contribution in [-0.2, 0) is 6.42 Å². The van der Waals surface area contributed by atoms with E-state index in [0.717, 1.165) is 11.3 Å². The van der Waals surface area contributed by atoms with E-state index in [1.54, 1.807) is 0 Å². The van der Waals surface area contributed by atoms with Crippen molar-refractivity contribution in [2.75, 3.05) is 0 Å². The van der Waals surface area contributed by atoms with Gasteiger partial charge >= 0.3 is 0 Å². The first kappa shape index (κ1) is 12.0. The Morgan fingerprint density at radius 1 is 1.06 bits per heavy atom. The molecule has 17 heavy (non-hydrogen) atoms. The predicted molar refractivity (Wildman–Crippen MR) is 67.9 cm³/mol. The Balaban J connectivity index is 1.91. The molecule has 0 unspecified atom stereocenters. The first-order valence-corrected chi connectivity index (χ1v) is 6.51. The summed E-state index contributed by atoms with van der Waals surface area (Å²) >= 11 is 0. The van der Waals surface area contributed by atoms with Crippen LogP contribution in [0.3, 0.4) is 0 Å². The highest BCUT2D eigenvalue weighted by Gasteiger charge is 2.13. The predicted octanol–water partition coefficient (Wildman–Crippen LogP) is 3.85. The molecule has 0 aromatic heterocycles. The highest BCUT2D eigenvalue weighted by molar-refractivity contribution is 5.28. The van der Waals surface area contributed by atoms with Crippen LogP contribution in [0.15, 0.2) is 24.3 Å². The highest BCUT2D eigenvalue weighted by atomic mass is 16.5. The Morgan fingerprint density at radius 3 is 2.29 bits per heavy atom. The maximum absolute atomic E-state index is 8.60. The zero-order chi connectivity index (χ0) is 11.9. The molecule has 0 saturated heterocycles. The molecule has 0 amide bonds. The van der Waals surface area contributed by atoms with Gasteiger partial charge in [-0.1, -0.05) is 25.0 Å². The normalized spacial score (nSPS) is 17.1. The quantitative estimate of drug-likeness (QED) is 0.737. The SMILES string of the molecule is N#CCc1ccc(OC2CCCCCC2)cc1. The number of ether oxygens (including phenoxy) is 1. The molecule has 0 aliphatic heterocycles. The fourth-order valence-electron chi connectivity index (χ4n) is 2.33. The van der Waals surface area contributed by atoms with Gasteiger partial charge in [-0.3, -0.25) is 0 Å². The third-order valence-electron chi connectivity index (χ3n) is 3.31. The van der Waals surface area contributed by atoms with Crippen LogP contribution in [-0.4, -0.2) is 6.10 Å². The molecular weight excluding hydrogens is 210 g/mol. The van der Waals surface area contributed by atoms with E-state index in [9.17, 15) is 0 Å². The average Bonchev–Trinajstić information content (AvgIpc) is 2.61. The van der Waals surface area contributed by atoms with E-state index in [-0.39, 0.29) is 0 Å². The minimum Gasteiger partial charge on any atom is -0.490 e. The molecule has 0 N–H and O–H groups in total. The number of rotatable bonds is 3. The molecule has 0 bridgehead atoms. The Labute approximate surface area is 103 Å². The summed E-state index contributed by atoms with van der Waals surface area (Å²) in [6.07, 6.45) is 8.50. The van der Waals surface area contributed by atoms with Gasteiger partial charge in [-0.25, -0.2) is 0 Å². The van der Waals surface area contributed by atoms with Crippen LogP contribution in [0.4, 0.5) is 0 Å². The number of benzene rings is 1. The van der Waals surface area contributed by atoms with Crippen molar-refractivity contribution in [3.05, 3.63) is 29.8 Å². The number of hydrogen-bond donors (Lipinski definition) is 0. The Bertz CT molecular complexity index is 369. The van der Waals surface area contributed by atoms with E-state index in [1.807, 2.05) is 24.3 Å². The standard InChI is InChI=1S/C15H19NO/c16-12-11-13-7-9-15(10-8-13)17-14-5-3-1-2-4-6-14/h7-10,14H,1-6,11H2. The summed E-state index contributed by atoms with van der Waals surface area (Å²) in [5, 5.41) is 8.60. The Morgan fingerprint density at radius 2 is 1.71 bits per heavy atom. The maximum Gasteiger partial charge on any atom is 0.119 e. The van der Waals surface area contributed by atoms with Crippen LogP contribution in [0.2, 0.25) is 0 Å². The van der Waals surface area contributed by atoms with Crippen molar-refractivity contribution in [1.29, 1.82) is 5.26 Å². The largest absolute Gasteiger partial charge is 0.490 e. The van der Waals surface area contributed by atoms with Crippen molar-refractivity contribution in [2.24, 2.45) is 0 Å². The maximum atomic E-state index is 8.60. The van der Waals surface area contributed by atoms with Crippen molar-refractivity contribution in [3.8, 4) is 11.8 Å². The van der Waals surface area contributed by atoms with Crippen molar-refractivity contribution < 1.29 is 4.74 Å². The van der Waals surface area contributed by atoms with Crippen molar-refractivity contribution in [1.82, 2.24) is 0 Å². The first-order valence-electron chi connectivity index (χ1n) is 6.51. The van der Waals surface area contributed by atoms with Gasteiger partial charge in [-0.05, 0) is 43.4 Å². The van der Waals surface area contributed by atoms with Gasteiger partial charge in [0.05, 0.1) is 18.6 Å². The lowest BCUT2D eigenvalue weighted by molar-refractivity contribution is 0.183. The first-order chi connectivity index (χ1) is 8.38. The molecule has 0 spiro atoms. The summed E-state index contributed by atoms with van der Waals surface area (Å²) in [6.45, 7) is 0.